The monoisotopic (exact) mass is 308 g/mol. The van der Waals surface area contributed by atoms with E-state index in [1.807, 2.05) is 18.2 Å². The Morgan fingerprint density at radius 3 is 2.09 bits per heavy atom. The maximum Gasteiger partial charge on any atom is 0.127 e. The van der Waals surface area contributed by atoms with Gasteiger partial charge in [-0.1, -0.05) is 36.4 Å². The highest BCUT2D eigenvalue weighted by Gasteiger charge is 2.08. The molecular formula is C20H22NO2+. The van der Waals surface area contributed by atoms with Crippen molar-refractivity contribution in [2.45, 2.75) is 13.1 Å². The molecule has 23 heavy (non-hydrogen) atoms. The lowest BCUT2D eigenvalue weighted by atomic mass is 10.0. The molecule has 0 spiro atoms. The van der Waals surface area contributed by atoms with Crippen LogP contribution >= 0.6 is 0 Å². The van der Waals surface area contributed by atoms with Crippen LogP contribution in [-0.2, 0) is 13.1 Å². The van der Waals surface area contributed by atoms with Crippen molar-refractivity contribution in [2.24, 2.45) is 0 Å². The Bertz CT molecular complexity index is 799. The largest absolute Gasteiger partial charge is 0.496 e. The van der Waals surface area contributed by atoms with Gasteiger partial charge in [-0.25, -0.2) is 0 Å². The number of hydrogen-bond donors (Lipinski definition) is 1. The number of hydrogen-bond acceptors (Lipinski definition) is 2. The van der Waals surface area contributed by atoms with Crippen LogP contribution in [0.5, 0.6) is 11.5 Å². The highest BCUT2D eigenvalue weighted by atomic mass is 16.5. The Labute approximate surface area is 136 Å². The zero-order valence-electron chi connectivity index (χ0n) is 13.6. The quantitative estimate of drug-likeness (QED) is 0.759. The van der Waals surface area contributed by atoms with Crippen molar-refractivity contribution in [3.05, 3.63) is 71.8 Å². The summed E-state index contributed by atoms with van der Waals surface area (Å²) in [4.78, 5) is 0. The van der Waals surface area contributed by atoms with Crippen LogP contribution in [0.1, 0.15) is 11.1 Å². The summed E-state index contributed by atoms with van der Waals surface area (Å²) >= 11 is 0. The molecule has 3 nitrogen and oxygen atoms in total. The Hall–Kier alpha value is -2.52. The van der Waals surface area contributed by atoms with E-state index in [1.165, 1.54) is 16.5 Å². The van der Waals surface area contributed by atoms with Crippen LogP contribution < -0.4 is 14.8 Å². The fraction of sp³-hybridized carbons (Fsp3) is 0.200. The molecule has 0 heterocycles. The summed E-state index contributed by atoms with van der Waals surface area (Å²) in [7, 11) is 3.44. The van der Waals surface area contributed by atoms with Gasteiger partial charge in [-0.2, -0.15) is 0 Å². The van der Waals surface area contributed by atoms with Gasteiger partial charge in [-0.15, -0.1) is 0 Å². The first-order chi connectivity index (χ1) is 11.3. The Balaban J connectivity index is 1.77. The van der Waals surface area contributed by atoms with Gasteiger partial charge in [0.15, 0.2) is 0 Å². The minimum atomic E-state index is 0.893. The van der Waals surface area contributed by atoms with Gasteiger partial charge in [-0.3, -0.25) is 0 Å². The molecule has 2 N–H and O–H groups in total. The molecule has 3 rings (SSSR count). The molecule has 3 aromatic rings. The third-order valence-corrected chi connectivity index (χ3v) is 4.12. The molecule has 0 saturated carbocycles. The second-order valence-electron chi connectivity index (χ2n) is 5.48. The van der Waals surface area contributed by atoms with Crippen molar-refractivity contribution in [3.63, 3.8) is 0 Å². The number of ether oxygens (including phenoxy) is 2. The summed E-state index contributed by atoms with van der Waals surface area (Å²) in [5.41, 5.74) is 2.53. The molecule has 0 fully saturated rings. The lowest BCUT2D eigenvalue weighted by Gasteiger charge is -2.11. The topological polar surface area (TPSA) is 35.1 Å². The van der Waals surface area contributed by atoms with Crippen LogP contribution in [0.25, 0.3) is 10.8 Å². The van der Waals surface area contributed by atoms with Crippen molar-refractivity contribution in [1.29, 1.82) is 0 Å². The Kier molecular flexibility index (Phi) is 4.79. The third kappa shape index (κ3) is 3.30. The van der Waals surface area contributed by atoms with Crippen molar-refractivity contribution in [2.75, 3.05) is 14.2 Å². The average Bonchev–Trinajstić information content (AvgIpc) is 2.62. The zero-order chi connectivity index (χ0) is 16.1. The maximum atomic E-state index is 5.46. The van der Waals surface area contributed by atoms with Crippen molar-refractivity contribution >= 4 is 10.8 Å². The number of para-hydroxylation sites is 1. The number of rotatable bonds is 6. The van der Waals surface area contributed by atoms with Gasteiger partial charge in [0.05, 0.1) is 14.2 Å². The van der Waals surface area contributed by atoms with E-state index in [0.717, 1.165) is 30.0 Å². The zero-order valence-corrected chi connectivity index (χ0v) is 13.6. The molecular weight excluding hydrogens is 286 g/mol. The first-order valence-electron chi connectivity index (χ1n) is 7.81. The van der Waals surface area contributed by atoms with Crippen LogP contribution in [-0.4, -0.2) is 14.2 Å². The Morgan fingerprint density at radius 1 is 0.652 bits per heavy atom. The fourth-order valence-electron chi connectivity index (χ4n) is 2.94. The molecule has 0 aromatic heterocycles. The molecule has 0 aliphatic carbocycles. The van der Waals surface area contributed by atoms with Gasteiger partial charge in [0.25, 0.3) is 0 Å². The lowest BCUT2D eigenvalue weighted by molar-refractivity contribution is -0.686. The van der Waals surface area contributed by atoms with E-state index in [1.54, 1.807) is 14.2 Å². The molecule has 0 amide bonds. The molecule has 118 valence electrons. The van der Waals surface area contributed by atoms with Gasteiger partial charge in [0.1, 0.15) is 24.6 Å². The SMILES string of the molecule is COc1ccccc1C[NH2+]Cc1ccc(OC)c2ccccc12. The molecule has 3 heteroatoms. The second-order valence-corrected chi connectivity index (χ2v) is 5.48. The summed E-state index contributed by atoms with van der Waals surface area (Å²) in [6.07, 6.45) is 0. The number of methoxy groups -OCH3 is 2. The molecule has 3 aromatic carbocycles. The van der Waals surface area contributed by atoms with Gasteiger partial charge in [-0.05, 0) is 29.7 Å². The number of quaternary nitrogens is 1. The van der Waals surface area contributed by atoms with Crippen molar-refractivity contribution in [1.82, 2.24) is 0 Å². The highest BCUT2D eigenvalue weighted by Crippen LogP contribution is 2.27. The normalized spacial score (nSPS) is 10.7. The Morgan fingerprint density at radius 2 is 1.30 bits per heavy atom. The van der Waals surface area contributed by atoms with Crippen LogP contribution in [0.3, 0.4) is 0 Å². The van der Waals surface area contributed by atoms with E-state index in [0.29, 0.717) is 0 Å². The first kappa shape index (κ1) is 15.4. The summed E-state index contributed by atoms with van der Waals surface area (Å²) in [5, 5.41) is 4.72. The van der Waals surface area contributed by atoms with E-state index in [2.05, 4.69) is 47.8 Å². The maximum absolute atomic E-state index is 5.46. The summed E-state index contributed by atoms with van der Waals surface area (Å²) < 4.78 is 10.9. The molecule has 0 aliphatic heterocycles. The lowest BCUT2D eigenvalue weighted by Crippen LogP contribution is -2.80. The number of fused-ring (bicyclic) bond motifs is 1. The van der Waals surface area contributed by atoms with E-state index in [-0.39, 0.29) is 0 Å². The van der Waals surface area contributed by atoms with Gasteiger partial charge < -0.3 is 14.8 Å². The molecule has 0 bridgehead atoms. The van der Waals surface area contributed by atoms with Crippen molar-refractivity contribution in [3.8, 4) is 11.5 Å². The smallest absolute Gasteiger partial charge is 0.127 e. The van der Waals surface area contributed by atoms with E-state index >= 15 is 0 Å². The van der Waals surface area contributed by atoms with Crippen LogP contribution in [0.4, 0.5) is 0 Å². The average molecular weight is 308 g/mol. The molecule has 0 radical (unpaired) electrons. The van der Waals surface area contributed by atoms with Gasteiger partial charge in [0, 0.05) is 16.5 Å². The predicted molar refractivity (Wildman–Crippen MR) is 92.8 cm³/mol. The number of benzene rings is 3. The second kappa shape index (κ2) is 7.16. The highest BCUT2D eigenvalue weighted by molar-refractivity contribution is 5.90. The third-order valence-electron chi connectivity index (χ3n) is 4.12. The predicted octanol–water partition coefficient (Wildman–Crippen LogP) is 3.12. The van der Waals surface area contributed by atoms with E-state index in [4.69, 9.17) is 9.47 Å². The van der Waals surface area contributed by atoms with E-state index in [9.17, 15) is 0 Å². The van der Waals surface area contributed by atoms with Crippen molar-refractivity contribution < 1.29 is 14.8 Å². The van der Waals surface area contributed by atoms with Crippen LogP contribution in [0.15, 0.2) is 60.7 Å². The minimum Gasteiger partial charge on any atom is -0.496 e. The van der Waals surface area contributed by atoms with Crippen LogP contribution in [0.2, 0.25) is 0 Å². The summed E-state index contributed by atoms with van der Waals surface area (Å²) in [6, 6.07) is 20.8. The standard InChI is InChI=1S/C20H21NO2/c1-22-19-10-6-3-7-16(19)14-21-13-15-11-12-20(23-2)18-9-5-4-8-17(15)18/h3-12,21H,13-14H2,1-2H3/p+1. The van der Waals surface area contributed by atoms with Gasteiger partial charge >= 0.3 is 0 Å². The fourth-order valence-corrected chi connectivity index (χ4v) is 2.94. The molecule has 0 saturated heterocycles. The number of nitrogens with two attached hydrogens (primary N) is 1. The minimum absolute atomic E-state index is 0.893. The summed E-state index contributed by atoms with van der Waals surface area (Å²) in [6.45, 7) is 1.81. The molecule has 0 aliphatic rings. The van der Waals surface area contributed by atoms with Gasteiger partial charge in [0.2, 0.25) is 0 Å². The summed E-state index contributed by atoms with van der Waals surface area (Å²) in [5.74, 6) is 1.87. The van der Waals surface area contributed by atoms with Crippen LogP contribution in [0, 0.1) is 0 Å². The molecule has 0 unspecified atom stereocenters. The molecule has 0 atom stereocenters. The van der Waals surface area contributed by atoms with E-state index < -0.39 is 0 Å². The first-order valence-corrected chi connectivity index (χ1v) is 7.81.